The average Bonchev–Trinajstić information content (AvgIpc) is 2.67. The third-order valence-corrected chi connectivity index (χ3v) is 3.26. The molecule has 0 aliphatic carbocycles. The number of carbonyl (C=O) groups is 1. The van der Waals surface area contributed by atoms with Crippen LogP contribution >= 0.6 is 11.6 Å². The van der Waals surface area contributed by atoms with Gasteiger partial charge in [0.25, 0.3) is 0 Å². The first kappa shape index (κ1) is 14.6. The summed E-state index contributed by atoms with van der Waals surface area (Å²) in [7, 11) is 0. The molecule has 1 N–H and O–H groups in total. The average molecular weight is 307 g/mol. The van der Waals surface area contributed by atoms with Gasteiger partial charge in [-0.3, -0.25) is 0 Å². The van der Waals surface area contributed by atoms with Crippen LogP contribution in [-0.2, 0) is 16.5 Å². The molecule has 4 nitrogen and oxygen atoms in total. The first-order chi connectivity index (χ1) is 9.05. The fraction of sp³-hybridized carbons (Fsp3) is 0.333. The van der Waals surface area contributed by atoms with E-state index in [2.05, 4.69) is 4.98 Å². The van der Waals surface area contributed by atoms with Crippen LogP contribution in [0.15, 0.2) is 18.3 Å². The zero-order chi connectivity index (χ0) is 15.3. The molecule has 0 saturated carbocycles. The van der Waals surface area contributed by atoms with Crippen LogP contribution in [0.4, 0.5) is 13.2 Å². The third-order valence-electron chi connectivity index (χ3n) is 3.05. The first-order valence-corrected chi connectivity index (χ1v) is 5.91. The number of rotatable bonds is 2. The van der Waals surface area contributed by atoms with Crippen molar-refractivity contribution >= 4 is 28.6 Å². The molecule has 2 aromatic rings. The Morgan fingerprint density at radius 1 is 1.35 bits per heavy atom. The Labute approximate surface area is 116 Å². The minimum absolute atomic E-state index is 0.00763. The number of halogens is 4. The highest BCUT2D eigenvalue weighted by Gasteiger charge is 2.39. The maximum atomic E-state index is 13.0. The number of alkyl halides is 3. The summed E-state index contributed by atoms with van der Waals surface area (Å²) in [5.41, 5.74) is -2.64. The standard InChI is InChI=1S/C12H10ClF3N2O2/c1-11(2,10(19)20)18-5-7(12(14,15)16)6-3-4-8(13)17-9(6)18/h3-5H,1-2H3,(H,19,20). The van der Waals surface area contributed by atoms with E-state index in [-0.39, 0.29) is 16.2 Å². The van der Waals surface area contributed by atoms with Crippen LogP contribution in [0.5, 0.6) is 0 Å². The Bertz CT molecular complexity index is 692. The summed E-state index contributed by atoms with van der Waals surface area (Å²) in [6.07, 6.45) is -3.85. The van der Waals surface area contributed by atoms with E-state index in [1.807, 2.05) is 0 Å². The molecule has 0 amide bonds. The quantitative estimate of drug-likeness (QED) is 0.864. The monoisotopic (exact) mass is 306 g/mol. The van der Waals surface area contributed by atoms with Crippen LogP contribution < -0.4 is 0 Å². The minimum atomic E-state index is -4.60. The predicted molar refractivity (Wildman–Crippen MR) is 66.7 cm³/mol. The van der Waals surface area contributed by atoms with Crippen LogP contribution in [-0.4, -0.2) is 20.6 Å². The second-order valence-electron chi connectivity index (χ2n) is 4.78. The highest BCUT2D eigenvalue weighted by molar-refractivity contribution is 6.29. The lowest BCUT2D eigenvalue weighted by atomic mass is 10.1. The fourth-order valence-electron chi connectivity index (χ4n) is 1.83. The molecule has 0 aliphatic rings. The molecule has 0 radical (unpaired) electrons. The Kier molecular flexibility index (Phi) is 3.20. The van der Waals surface area contributed by atoms with E-state index >= 15 is 0 Å². The van der Waals surface area contributed by atoms with Gasteiger partial charge in [-0.15, -0.1) is 0 Å². The molecule has 2 rings (SSSR count). The number of hydrogen-bond donors (Lipinski definition) is 1. The number of hydrogen-bond acceptors (Lipinski definition) is 2. The van der Waals surface area contributed by atoms with Crippen molar-refractivity contribution in [3.05, 3.63) is 29.0 Å². The number of fused-ring (bicyclic) bond motifs is 1. The number of carboxylic acid groups (broad SMARTS) is 1. The van der Waals surface area contributed by atoms with Crippen molar-refractivity contribution in [3.63, 3.8) is 0 Å². The van der Waals surface area contributed by atoms with Gasteiger partial charge in [-0.25, -0.2) is 9.78 Å². The van der Waals surface area contributed by atoms with Gasteiger partial charge in [0.1, 0.15) is 16.3 Å². The number of nitrogens with zero attached hydrogens (tertiary/aromatic N) is 2. The van der Waals surface area contributed by atoms with Crippen LogP contribution in [0, 0.1) is 0 Å². The summed E-state index contributed by atoms with van der Waals surface area (Å²) in [5.74, 6) is -1.27. The zero-order valence-corrected chi connectivity index (χ0v) is 11.2. The van der Waals surface area contributed by atoms with E-state index in [0.717, 1.165) is 10.8 Å². The number of aromatic nitrogens is 2. The van der Waals surface area contributed by atoms with Crippen LogP contribution in [0.3, 0.4) is 0 Å². The Morgan fingerprint density at radius 3 is 2.45 bits per heavy atom. The molecule has 20 heavy (non-hydrogen) atoms. The smallest absolute Gasteiger partial charge is 0.418 e. The van der Waals surface area contributed by atoms with E-state index in [1.54, 1.807) is 0 Å². The van der Waals surface area contributed by atoms with Gasteiger partial charge in [-0.1, -0.05) is 11.6 Å². The molecule has 0 aliphatic heterocycles. The third kappa shape index (κ3) is 2.22. The van der Waals surface area contributed by atoms with Gasteiger partial charge in [-0.2, -0.15) is 13.2 Å². The molecule has 2 heterocycles. The van der Waals surface area contributed by atoms with Gasteiger partial charge in [0, 0.05) is 11.6 Å². The molecule has 0 fully saturated rings. The Balaban J connectivity index is 2.86. The SMILES string of the molecule is CC(C)(C(=O)O)n1cc(C(F)(F)F)c2ccc(Cl)nc21. The molecular weight excluding hydrogens is 297 g/mol. The highest BCUT2D eigenvalue weighted by atomic mass is 35.5. The predicted octanol–water partition coefficient (Wildman–Crippen LogP) is 3.53. The molecule has 0 aromatic carbocycles. The van der Waals surface area contributed by atoms with Gasteiger partial charge >= 0.3 is 12.1 Å². The summed E-state index contributed by atoms with van der Waals surface area (Å²) in [6, 6.07) is 2.42. The van der Waals surface area contributed by atoms with Crippen molar-refractivity contribution in [2.75, 3.05) is 0 Å². The lowest BCUT2D eigenvalue weighted by Crippen LogP contribution is -2.35. The molecular formula is C12H10ClF3N2O2. The molecule has 2 aromatic heterocycles. The molecule has 0 atom stereocenters. The fourth-order valence-corrected chi connectivity index (χ4v) is 1.98. The normalized spacial score (nSPS) is 12.9. The van der Waals surface area contributed by atoms with Gasteiger partial charge < -0.3 is 9.67 Å². The van der Waals surface area contributed by atoms with Crippen molar-refractivity contribution in [3.8, 4) is 0 Å². The summed E-state index contributed by atoms with van der Waals surface area (Å²) >= 11 is 5.69. The number of aliphatic carboxylic acids is 1. The largest absolute Gasteiger partial charge is 0.480 e. The lowest BCUT2D eigenvalue weighted by Gasteiger charge is -2.22. The van der Waals surface area contributed by atoms with Crippen molar-refractivity contribution in [1.82, 2.24) is 9.55 Å². The second-order valence-corrected chi connectivity index (χ2v) is 5.17. The summed E-state index contributed by atoms with van der Waals surface area (Å²) < 4.78 is 40.0. The summed E-state index contributed by atoms with van der Waals surface area (Å²) in [5, 5.41) is 8.98. The molecule has 0 spiro atoms. The maximum Gasteiger partial charge on any atom is 0.418 e. The first-order valence-electron chi connectivity index (χ1n) is 5.54. The van der Waals surface area contributed by atoms with Gasteiger partial charge in [0.05, 0.1) is 5.56 Å². The van der Waals surface area contributed by atoms with E-state index in [4.69, 9.17) is 11.6 Å². The van der Waals surface area contributed by atoms with Gasteiger partial charge in [0.2, 0.25) is 0 Å². The van der Waals surface area contributed by atoms with Crippen molar-refractivity contribution in [2.45, 2.75) is 25.6 Å². The van der Waals surface area contributed by atoms with Crippen LogP contribution in [0.25, 0.3) is 11.0 Å². The lowest BCUT2D eigenvalue weighted by molar-refractivity contribution is -0.146. The number of pyridine rings is 1. The van der Waals surface area contributed by atoms with Crippen LogP contribution in [0.1, 0.15) is 19.4 Å². The van der Waals surface area contributed by atoms with Gasteiger partial charge in [0.15, 0.2) is 0 Å². The molecule has 108 valence electrons. The number of carboxylic acids is 1. The Morgan fingerprint density at radius 2 is 1.95 bits per heavy atom. The minimum Gasteiger partial charge on any atom is -0.480 e. The Hall–Kier alpha value is -1.76. The zero-order valence-electron chi connectivity index (χ0n) is 10.5. The van der Waals surface area contributed by atoms with E-state index < -0.39 is 23.2 Å². The van der Waals surface area contributed by atoms with E-state index in [9.17, 15) is 23.1 Å². The second kappa shape index (κ2) is 4.37. The van der Waals surface area contributed by atoms with E-state index in [1.165, 1.54) is 26.0 Å². The van der Waals surface area contributed by atoms with Crippen molar-refractivity contribution in [1.29, 1.82) is 0 Å². The maximum absolute atomic E-state index is 13.0. The molecule has 0 bridgehead atoms. The molecule has 8 heteroatoms. The van der Waals surface area contributed by atoms with Crippen molar-refractivity contribution < 1.29 is 23.1 Å². The van der Waals surface area contributed by atoms with Gasteiger partial charge in [-0.05, 0) is 26.0 Å². The van der Waals surface area contributed by atoms with Crippen LogP contribution in [0.2, 0.25) is 5.15 Å². The highest BCUT2D eigenvalue weighted by Crippen LogP contribution is 2.38. The molecule has 0 unspecified atom stereocenters. The topological polar surface area (TPSA) is 55.1 Å². The summed E-state index contributed by atoms with van der Waals surface area (Å²) in [4.78, 5) is 15.1. The van der Waals surface area contributed by atoms with Crippen molar-refractivity contribution in [2.24, 2.45) is 0 Å². The van der Waals surface area contributed by atoms with E-state index in [0.29, 0.717) is 0 Å². The summed E-state index contributed by atoms with van der Waals surface area (Å²) in [6.45, 7) is 2.58. The molecule has 0 saturated heterocycles.